The Labute approximate surface area is 101 Å². The van der Waals surface area contributed by atoms with Gasteiger partial charge in [-0.3, -0.25) is 5.10 Å². The van der Waals surface area contributed by atoms with Crippen molar-refractivity contribution in [2.45, 2.75) is 52.3 Å². The summed E-state index contributed by atoms with van der Waals surface area (Å²) < 4.78 is 5.33. The van der Waals surface area contributed by atoms with E-state index in [4.69, 9.17) is 4.74 Å². The van der Waals surface area contributed by atoms with Gasteiger partial charge >= 0.3 is 5.97 Å². The van der Waals surface area contributed by atoms with Gasteiger partial charge < -0.3 is 10.1 Å². The van der Waals surface area contributed by atoms with Crippen molar-refractivity contribution in [1.82, 2.24) is 15.5 Å². The number of nitrogens with zero attached hydrogens (tertiary/aromatic N) is 1. The van der Waals surface area contributed by atoms with Crippen molar-refractivity contribution >= 4 is 5.97 Å². The number of aromatic nitrogens is 2. The van der Waals surface area contributed by atoms with Crippen LogP contribution in [0.3, 0.4) is 0 Å². The van der Waals surface area contributed by atoms with E-state index in [0.717, 1.165) is 11.3 Å². The van der Waals surface area contributed by atoms with Crippen molar-refractivity contribution in [3.63, 3.8) is 0 Å². The number of carbonyl (C=O) groups is 1. The molecule has 5 heteroatoms. The van der Waals surface area contributed by atoms with Crippen molar-refractivity contribution in [2.24, 2.45) is 0 Å². The second-order valence-electron chi connectivity index (χ2n) is 5.91. The molecule has 0 atom stereocenters. The zero-order valence-corrected chi connectivity index (χ0v) is 11.0. The van der Waals surface area contributed by atoms with Gasteiger partial charge in [0.25, 0.3) is 0 Å². The van der Waals surface area contributed by atoms with Crippen LogP contribution in [0, 0.1) is 0 Å². The SMILES string of the molecule is CC(C)(C)OC(=O)c1n[nH]c2c1CNC2(C)C. The van der Waals surface area contributed by atoms with Crippen LogP contribution < -0.4 is 5.32 Å². The van der Waals surface area contributed by atoms with Crippen molar-refractivity contribution in [2.75, 3.05) is 0 Å². The van der Waals surface area contributed by atoms with Crippen LogP contribution in [0.15, 0.2) is 0 Å². The third-order valence-corrected chi connectivity index (χ3v) is 2.79. The van der Waals surface area contributed by atoms with Gasteiger partial charge in [-0.15, -0.1) is 0 Å². The van der Waals surface area contributed by atoms with Crippen molar-refractivity contribution in [1.29, 1.82) is 0 Å². The summed E-state index contributed by atoms with van der Waals surface area (Å²) in [5.74, 6) is -0.366. The number of nitrogens with one attached hydrogen (secondary N) is 2. The molecule has 1 aliphatic heterocycles. The summed E-state index contributed by atoms with van der Waals surface area (Å²) in [6.07, 6.45) is 0. The maximum Gasteiger partial charge on any atom is 0.359 e. The molecular weight excluding hydrogens is 218 g/mol. The first kappa shape index (κ1) is 12.1. The van der Waals surface area contributed by atoms with Crippen LogP contribution in [0.1, 0.15) is 56.4 Å². The van der Waals surface area contributed by atoms with Crippen molar-refractivity contribution < 1.29 is 9.53 Å². The molecule has 0 aromatic carbocycles. The largest absolute Gasteiger partial charge is 0.455 e. The molecule has 0 bridgehead atoms. The summed E-state index contributed by atoms with van der Waals surface area (Å²) in [7, 11) is 0. The van der Waals surface area contributed by atoms with E-state index in [1.54, 1.807) is 0 Å². The number of hydrogen-bond donors (Lipinski definition) is 2. The average molecular weight is 237 g/mol. The number of H-pyrrole nitrogens is 1. The molecule has 0 amide bonds. The number of aromatic amines is 1. The van der Waals surface area contributed by atoms with Gasteiger partial charge in [-0.25, -0.2) is 4.79 Å². The molecule has 2 N–H and O–H groups in total. The summed E-state index contributed by atoms with van der Waals surface area (Å²) in [6.45, 7) is 10.3. The first-order chi connectivity index (χ1) is 7.71. The van der Waals surface area contributed by atoms with E-state index >= 15 is 0 Å². The first-order valence-corrected chi connectivity index (χ1v) is 5.77. The highest BCUT2D eigenvalue weighted by atomic mass is 16.6. The van der Waals surface area contributed by atoms with E-state index < -0.39 is 5.60 Å². The van der Waals surface area contributed by atoms with Crippen LogP contribution >= 0.6 is 0 Å². The van der Waals surface area contributed by atoms with Gasteiger partial charge in [0.15, 0.2) is 5.69 Å². The van der Waals surface area contributed by atoms with Crippen LogP contribution in [0.25, 0.3) is 0 Å². The number of fused-ring (bicyclic) bond motifs is 1. The molecule has 17 heavy (non-hydrogen) atoms. The molecule has 1 aromatic rings. The summed E-state index contributed by atoms with van der Waals surface area (Å²) in [5.41, 5.74) is 1.63. The Bertz CT molecular complexity index is 455. The second kappa shape index (κ2) is 3.57. The third kappa shape index (κ3) is 2.20. The predicted molar refractivity (Wildman–Crippen MR) is 63.6 cm³/mol. The van der Waals surface area contributed by atoms with Crippen LogP contribution in [-0.2, 0) is 16.8 Å². The fourth-order valence-corrected chi connectivity index (χ4v) is 1.95. The molecule has 0 radical (unpaired) electrons. The molecule has 2 heterocycles. The summed E-state index contributed by atoms with van der Waals surface area (Å²) in [6, 6.07) is 0. The number of rotatable bonds is 1. The lowest BCUT2D eigenvalue weighted by Gasteiger charge is -2.18. The van der Waals surface area contributed by atoms with E-state index in [9.17, 15) is 4.79 Å². The fraction of sp³-hybridized carbons (Fsp3) is 0.667. The van der Waals surface area contributed by atoms with Crippen LogP contribution in [0.4, 0.5) is 0 Å². The standard InChI is InChI=1S/C12H19N3O2/c1-11(2,3)17-10(16)8-7-6-13-12(4,5)9(7)15-14-8/h13H,6H2,1-5H3,(H,14,15). The maximum absolute atomic E-state index is 12.0. The lowest BCUT2D eigenvalue weighted by atomic mass is 10.0. The van der Waals surface area contributed by atoms with Gasteiger partial charge in [0.2, 0.25) is 0 Å². The zero-order chi connectivity index (χ0) is 12.8. The normalized spacial score (nSPS) is 17.9. The molecule has 2 rings (SSSR count). The monoisotopic (exact) mass is 237 g/mol. The molecule has 0 saturated carbocycles. The second-order valence-corrected chi connectivity index (χ2v) is 5.91. The van der Waals surface area contributed by atoms with Gasteiger partial charge in [-0.1, -0.05) is 0 Å². The Kier molecular flexibility index (Phi) is 2.54. The minimum Gasteiger partial charge on any atom is -0.455 e. The minimum absolute atomic E-state index is 0.164. The Balaban J connectivity index is 2.28. The van der Waals surface area contributed by atoms with Crippen molar-refractivity contribution in [3.05, 3.63) is 17.0 Å². The first-order valence-electron chi connectivity index (χ1n) is 5.77. The highest BCUT2D eigenvalue weighted by Crippen LogP contribution is 2.30. The maximum atomic E-state index is 12.0. The molecular formula is C12H19N3O2. The smallest absolute Gasteiger partial charge is 0.359 e. The Morgan fingerprint density at radius 1 is 1.41 bits per heavy atom. The van der Waals surface area contributed by atoms with E-state index in [-0.39, 0.29) is 11.5 Å². The number of carbonyl (C=O) groups excluding carboxylic acids is 1. The number of esters is 1. The van der Waals surface area contributed by atoms with Gasteiger partial charge in [0.05, 0.1) is 11.2 Å². The molecule has 0 fully saturated rings. The van der Waals surface area contributed by atoms with Crippen molar-refractivity contribution in [3.8, 4) is 0 Å². The van der Waals surface area contributed by atoms with Gasteiger partial charge in [0.1, 0.15) is 5.60 Å². The molecule has 1 aromatic heterocycles. The fourth-order valence-electron chi connectivity index (χ4n) is 1.95. The van der Waals surface area contributed by atoms with Gasteiger partial charge in [-0.05, 0) is 34.6 Å². The van der Waals surface area contributed by atoms with E-state index in [1.165, 1.54) is 0 Å². The zero-order valence-electron chi connectivity index (χ0n) is 11.0. The highest BCUT2D eigenvalue weighted by molar-refractivity contribution is 5.89. The van der Waals surface area contributed by atoms with Crippen LogP contribution in [0.5, 0.6) is 0 Å². The molecule has 94 valence electrons. The van der Waals surface area contributed by atoms with Gasteiger partial charge in [0, 0.05) is 12.1 Å². The van der Waals surface area contributed by atoms with E-state index in [0.29, 0.717) is 12.2 Å². The average Bonchev–Trinajstić information content (AvgIpc) is 2.65. The molecule has 0 spiro atoms. The van der Waals surface area contributed by atoms with E-state index in [2.05, 4.69) is 29.4 Å². The van der Waals surface area contributed by atoms with Crippen LogP contribution in [-0.4, -0.2) is 21.8 Å². The third-order valence-electron chi connectivity index (χ3n) is 2.79. The summed E-state index contributed by atoms with van der Waals surface area (Å²) in [5, 5.41) is 10.3. The quantitative estimate of drug-likeness (QED) is 0.730. The Morgan fingerprint density at radius 3 is 2.65 bits per heavy atom. The lowest BCUT2D eigenvalue weighted by Crippen LogP contribution is -2.30. The molecule has 0 unspecified atom stereocenters. The lowest BCUT2D eigenvalue weighted by molar-refractivity contribution is 0.00615. The van der Waals surface area contributed by atoms with E-state index in [1.807, 2.05) is 20.8 Å². The van der Waals surface area contributed by atoms with Gasteiger partial charge in [-0.2, -0.15) is 5.10 Å². The molecule has 0 saturated heterocycles. The molecule has 1 aliphatic rings. The van der Waals surface area contributed by atoms with Crippen LogP contribution in [0.2, 0.25) is 0 Å². The molecule has 5 nitrogen and oxygen atoms in total. The topological polar surface area (TPSA) is 67.0 Å². The minimum atomic E-state index is -0.496. The number of hydrogen-bond acceptors (Lipinski definition) is 4. The highest BCUT2D eigenvalue weighted by Gasteiger charge is 2.36. The summed E-state index contributed by atoms with van der Waals surface area (Å²) >= 11 is 0. The predicted octanol–water partition coefficient (Wildman–Crippen LogP) is 1.70. The Morgan fingerprint density at radius 2 is 2.06 bits per heavy atom. The summed E-state index contributed by atoms with van der Waals surface area (Å²) in [4.78, 5) is 12.0. The number of ether oxygens (including phenoxy) is 1. The molecule has 0 aliphatic carbocycles. The Hall–Kier alpha value is -1.36.